The Morgan fingerprint density at radius 3 is 2.43 bits per heavy atom. The van der Waals surface area contributed by atoms with Gasteiger partial charge in [0.1, 0.15) is 0 Å². The minimum absolute atomic E-state index is 0.199. The highest BCUT2D eigenvalue weighted by Gasteiger charge is 2.13. The number of aromatic nitrogens is 1. The lowest BCUT2D eigenvalue weighted by Gasteiger charge is -2.05. The molecule has 0 saturated heterocycles. The molecule has 1 amide bonds. The van der Waals surface area contributed by atoms with Gasteiger partial charge in [0, 0.05) is 22.2 Å². The Bertz CT molecular complexity index is 821. The number of methoxy groups -OCH3 is 2. The van der Waals surface area contributed by atoms with Crippen LogP contribution >= 0.6 is 27.3 Å². The first kappa shape index (κ1) is 15.8. The number of rotatable bonds is 4. The Labute approximate surface area is 145 Å². The summed E-state index contributed by atoms with van der Waals surface area (Å²) in [6, 6.07) is 10.8. The molecule has 0 atom stereocenters. The van der Waals surface area contributed by atoms with Gasteiger partial charge in [-0.1, -0.05) is 27.3 Å². The fourth-order valence-electron chi connectivity index (χ4n) is 2.08. The SMILES string of the molecule is COc1cc2nc(NC(=O)c3ccc(Br)cc3)sc2cc1OC. The van der Waals surface area contributed by atoms with Gasteiger partial charge in [-0.15, -0.1) is 0 Å². The quantitative estimate of drug-likeness (QED) is 0.717. The zero-order valence-electron chi connectivity index (χ0n) is 12.4. The average Bonchev–Trinajstić information content (AvgIpc) is 2.94. The van der Waals surface area contributed by atoms with Crippen LogP contribution < -0.4 is 14.8 Å². The van der Waals surface area contributed by atoms with Gasteiger partial charge in [0.15, 0.2) is 16.6 Å². The lowest BCUT2D eigenvalue weighted by molar-refractivity contribution is 0.102. The van der Waals surface area contributed by atoms with Crippen LogP contribution in [0.25, 0.3) is 10.2 Å². The third-order valence-electron chi connectivity index (χ3n) is 3.22. The van der Waals surface area contributed by atoms with E-state index < -0.39 is 0 Å². The second kappa shape index (κ2) is 6.55. The number of nitrogens with one attached hydrogen (secondary N) is 1. The van der Waals surface area contributed by atoms with Crippen molar-refractivity contribution in [1.29, 1.82) is 0 Å². The number of amides is 1. The van der Waals surface area contributed by atoms with E-state index in [1.165, 1.54) is 11.3 Å². The van der Waals surface area contributed by atoms with Gasteiger partial charge in [-0.2, -0.15) is 0 Å². The molecule has 1 aromatic heterocycles. The molecular weight excluding hydrogens is 380 g/mol. The lowest BCUT2D eigenvalue weighted by atomic mass is 10.2. The van der Waals surface area contributed by atoms with Gasteiger partial charge >= 0.3 is 0 Å². The number of hydrogen-bond acceptors (Lipinski definition) is 5. The molecule has 118 valence electrons. The minimum Gasteiger partial charge on any atom is -0.493 e. The Morgan fingerprint density at radius 1 is 1.13 bits per heavy atom. The van der Waals surface area contributed by atoms with Gasteiger partial charge in [0.2, 0.25) is 0 Å². The molecule has 23 heavy (non-hydrogen) atoms. The van der Waals surface area contributed by atoms with E-state index in [0.717, 1.165) is 14.7 Å². The smallest absolute Gasteiger partial charge is 0.257 e. The highest BCUT2D eigenvalue weighted by molar-refractivity contribution is 9.10. The van der Waals surface area contributed by atoms with E-state index in [2.05, 4.69) is 26.2 Å². The summed E-state index contributed by atoms with van der Waals surface area (Å²) in [5.74, 6) is 1.04. The summed E-state index contributed by atoms with van der Waals surface area (Å²) in [5, 5.41) is 3.34. The van der Waals surface area contributed by atoms with Crippen molar-refractivity contribution >= 4 is 48.5 Å². The predicted molar refractivity (Wildman–Crippen MR) is 94.8 cm³/mol. The van der Waals surface area contributed by atoms with Crippen molar-refractivity contribution < 1.29 is 14.3 Å². The molecule has 7 heteroatoms. The summed E-state index contributed by atoms with van der Waals surface area (Å²) in [6.45, 7) is 0. The molecular formula is C16H13BrN2O3S. The number of thiazole rings is 1. The van der Waals surface area contributed by atoms with Gasteiger partial charge in [0.05, 0.1) is 24.4 Å². The van der Waals surface area contributed by atoms with E-state index in [1.54, 1.807) is 32.4 Å². The van der Waals surface area contributed by atoms with Gasteiger partial charge in [-0.3, -0.25) is 10.1 Å². The molecule has 0 fully saturated rings. The number of carbonyl (C=O) groups excluding carboxylic acids is 1. The van der Waals surface area contributed by atoms with E-state index in [1.807, 2.05) is 18.2 Å². The monoisotopic (exact) mass is 392 g/mol. The van der Waals surface area contributed by atoms with Crippen molar-refractivity contribution in [3.63, 3.8) is 0 Å². The van der Waals surface area contributed by atoms with E-state index in [-0.39, 0.29) is 5.91 Å². The minimum atomic E-state index is -0.199. The standard InChI is InChI=1S/C16H13BrN2O3S/c1-21-12-7-11-14(8-13(12)22-2)23-16(18-11)19-15(20)9-3-5-10(17)6-4-9/h3-8H,1-2H3,(H,18,19,20). The fourth-order valence-corrected chi connectivity index (χ4v) is 3.21. The molecule has 3 rings (SSSR count). The first-order chi connectivity index (χ1) is 11.1. The summed E-state index contributed by atoms with van der Waals surface area (Å²) in [6.07, 6.45) is 0. The maximum absolute atomic E-state index is 12.2. The van der Waals surface area contributed by atoms with Gasteiger partial charge in [-0.05, 0) is 24.3 Å². The number of fused-ring (bicyclic) bond motifs is 1. The molecule has 0 aliphatic carbocycles. The predicted octanol–water partition coefficient (Wildman–Crippen LogP) is 4.33. The Kier molecular flexibility index (Phi) is 4.49. The molecule has 0 saturated carbocycles. The number of carbonyl (C=O) groups is 1. The van der Waals surface area contributed by atoms with Gasteiger partial charge < -0.3 is 9.47 Å². The third-order valence-corrected chi connectivity index (χ3v) is 4.68. The number of hydrogen-bond donors (Lipinski definition) is 1. The molecule has 0 aliphatic rings. The summed E-state index contributed by atoms with van der Waals surface area (Å²) < 4.78 is 12.4. The Morgan fingerprint density at radius 2 is 1.78 bits per heavy atom. The largest absolute Gasteiger partial charge is 0.493 e. The van der Waals surface area contributed by atoms with Crippen molar-refractivity contribution in [2.24, 2.45) is 0 Å². The summed E-state index contributed by atoms with van der Waals surface area (Å²) in [4.78, 5) is 16.7. The molecule has 0 aliphatic heterocycles. The van der Waals surface area contributed by atoms with E-state index >= 15 is 0 Å². The number of nitrogens with zero attached hydrogens (tertiary/aromatic N) is 1. The number of halogens is 1. The second-order valence-corrected chi connectivity index (χ2v) is 6.60. The van der Waals surface area contributed by atoms with Crippen LogP contribution in [0.2, 0.25) is 0 Å². The van der Waals surface area contributed by atoms with Crippen LogP contribution in [0.4, 0.5) is 5.13 Å². The molecule has 0 spiro atoms. The molecule has 0 radical (unpaired) electrons. The molecule has 0 bridgehead atoms. The zero-order valence-corrected chi connectivity index (χ0v) is 14.8. The molecule has 3 aromatic rings. The van der Waals surface area contributed by atoms with Crippen LogP contribution in [0.3, 0.4) is 0 Å². The average molecular weight is 393 g/mol. The van der Waals surface area contributed by atoms with Crippen LogP contribution in [-0.4, -0.2) is 25.1 Å². The summed E-state index contributed by atoms with van der Waals surface area (Å²) >= 11 is 4.73. The third kappa shape index (κ3) is 3.30. The van der Waals surface area contributed by atoms with Gasteiger partial charge in [-0.25, -0.2) is 4.98 Å². The van der Waals surface area contributed by atoms with Gasteiger partial charge in [0.25, 0.3) is 5.91 Å². The van der Waals surface area contributed by atoms with Crippen molar-refractivity contribution in [3.05, 3.63) is 46.4 Å². The summed E-state index contributed by atoms with van der Waals surface area (Å²) in [5.41, 5.74) is 1.32. The Hall–Kier alpha value is -2.12. The van der Waals surface area contributed by atoms with Crippen LogP contribution in [0.15, 0.2) is 40.9 Å². The first-order valence-corrected chi connectivity index (χ1v) is 8.31. The highest BCUT2D eigenvalue weighted by Crippen LogP contribution is 2.36. The normalized spacial score (nSPS) is 10.6. The van der Waals surface area contributed by atoms with Crippen LogP contribution in [0.1, 0.15) is 10.4 Å². The van der Waals surface area contributed by atoms with Crippen molar-refractivity contribution in [2.45, 2.75) is 0 Å². The number of anilines is 1. The van der Waals surface area contributed by atoms with E-state index in [9.17, 15) is 4.79 Å². The number of ether oxygens (including phenoxy) is 2. The van der Waals surface area contributed by atoms with E-state index in [0.29, 0.717) is 22.2 Å². The van der Waals surface area contributed by atoms with E-state index in [4.69, 9.17) is 9.47 Å². The molecule has 1 heterocycles. The second-order valence-electron chi connectivity index (χ2n) is 4.65. The highest BCUT2D eigenvalue weighted by atomic mass is 79.9. The molecule has 1 N–H and O–H groups in total. The molecule has 2 aromatic carbocycles. The fraction of sp³-hybridized carbons (Fsp3) is 0.125. The number of benzene rings is 2. The van der Waals surface area contributed by atoms with Crippen LogP contribution in [-0.2, 0) is 0 Å². The van der Waals surface area contributed by atoms with Crippen LogP contribution in [0, 0.1) is 0 Å². The van der Waals surface area contributed by atoms with Crippen molar-refractivity contribution in [1.82, 2.24) is 4.98 Å². The van der Waals surface area contributed by atoms with Crippen molar-refractivity contribution in [3.8, 4) is 11.5 Å². The maximum Gasteiger partial charge on any atom is 0.257 e. The molecule has 5 nitrogen and oxygen atoms in total. The lowest BCUT2D eigenvalue weighted by Crippen LogP contribution is -2.11. The first-order valence-electron chi connectivity index (χ1n) is 6.70. The maximum atomic E-state index is 12.2. The Balaban J connectivity index is 1.88. The topological polar surface area (TPSA) is 60.5 Å². The van der Waals surface area contributed by atoms with Crippen molar-refractivity contribution in [2.75, 3.05) is 19.5 Å². The summed E-state index contributed by atoms with van der Waals surface area (Å²) in [7, 11) is 3.16. The molecule has 0 unspecified atom stereocenters. The van der Waals surface area contributed by atoms with Crippen LogP contribution in [0.5, 0.6) is 11.5 Å². The zero-order chi connectivity index (χ0) is 16.4.